The first-order valence-corrected chi connectivity index (χ1v) is 8.49. The molecule has 0 bridgehead atoms. The van der Waals surface area contributed by atoms with Crippen LogP contribution in [0.15, 0.2) is 12.1 Å². The molecule has 1 rings (SSSR count). The highest BCUT2D eigenvalue weighted by Crippen LogP contribution is 2.40. The highest BCUT2D eigenvalue weighted by atomic mass is 16.5. The van der Waals surface area contributed by atoms with Gasteiger partial charge in [-0.2, -0.15) is 0 Å². The quantitative estimate of drug-likeness (QED) is 0.635. The molecule has 0 saturated carbocycles. The average Bonchev–Trinajstić information content (AvgIpc) is 2.44. The molecule has 24 heavy (non-hydrogen) atoms. The molecule has 0 fully saturated rings. The average molecular weight is 336 g/mol. The highest BCUT2D eigenvalue weighted by Gasteiger charge is 2.27. The summed E-state index contributed by atoms with van der Waals surface area (Å²) in [6.07, 6.45) is 0.691. The second kappa shape index (κ2) is 8.02. The van der Waals surface area contributed by atoms with Crippen LogP contribution in [-0.2, 0) is 26.8 Å². The molecular weight excluding hydrogens is 304 g/mol. The third-order valence-electron chi connectivity index (χ3n) is 3.88. The van der Waals surface area contributed by atoms with Gasteiger partial charge in [0.25, 0.3) is 0 Å². The molecule has 4 heteroatoms. The minimum absolute atomic E-state index is 0.0260. The van der Waals surface area contributed by atoms with Gasteiger partial charge >= 0.3 is 5.97 Å². The van der Waals surface area contributed by atoms with E-state index in [-0.39, 0.29) is 36.4 Å². The van der Waals surface area contributed by atoms with Crippen LogP contribution in [-0.4, -0.2) is 31.4 Å². The first-order chi connectivity index (χ1) is 11.0. The van der Waals surface area contributed by atoms with Crippen molar-refractivity contribution in [3.63, 3.8) is 0 Å². The van der Waals surface area contributed by atoms with Crippen LogP contribution in [0.1, 0.15) is 64.7 Å². The van der Waals surface area contributed by atoms with Crippen molar-refractivity contribution in [2.75, 3.05) is 20.3 Å². The normalized spacial score (nSPS) is 12.2. The maximum absolute atomic E-state index is 12.0. The molecular formula is C20H32O4. The number of methoxy groups -OCH3 is 1. The van der Waals surface area contributed by atoms with E-state index in [9.17, 15) is 4.79 Å². The number of aliphatic hydroxyl groups excluding tert-OH is 1. The topological polar surface area (TPSA) is 55.8 Å². The Kier molecular flexibility index (Phi) is 6.85. The van der Waals surface area contributed by atoms with E-state index in [4.69, 9.17) is 14.6 Å². The number of rotatable bonds is 6. The molecule has 136 valence electrons. The highest BCUT2D eigenvalue weighted by molar-refractivity contribution is 5.73. The Morgan fingerprint density at radius 2 is 1.54 bits per heavy atom. The van der Waals surface area contributed by atoms with E-state index < -0.39 is 0 Å². The summed E-state index contributed by atoms with van der Waals surface area (Å²) >= 11 is 0. The van der Waals surface area contributed by atoms with Gasteiger partial charge in [-0.3, -0.25) is 4.79 Å². The Balaban J connectivity index is 3.25. The van der Waals surface area contributed by atoms with Gasteiger partial charge in [0.2, 0.25) is 0 Å². The zero-order chi connectivity index (χ0) is 18.5. The maximum atomic E-state index is 12.0. The van der Waals surface area contributed by atoms with Crippen LogP contribution in [0, 0.1) is 0 Å². The second-order valence-electron chi connectivity index (χ2n) is 8.20. The molecule has 0 spiro atoms. The van der Waals surface area contributed by atoms with E-state index in [1.165, 1.54) is 0 Å². The minimum Gasteiger partial charge on any atom is -0.496 e. The van der Waals surface area contributed by atoms with Crippen molar-refractivity contribution in [1.29, 1.82) is 0 Å². The monoisotopic (exact) mass is 336 g/mol. The summed E-state index contributed by atoms with van der Waals surface area (Å²) in [6, 6.07) is 4.09. The van der Waals surface area contributed by atoms with E-state index in [0.717, 1.165) is 22.4 Å². The number of benzene rings is 1. The van der Waals surface area contributed by atoms with Gasteiger partial charge in [-0.25, -0.2) is 0 Å². The van der Waals surface area contributed by atoms with E-state index >= 15 is 0 Å². The first kappa shape index (κ1) is 20.5. The lowest BCUT2D eigenvalue weighted by molar-refractivity contribution is -0.143. The molecule has 0 heterocycles. The number of carbonyl (C=O) groups is 1. The van der Waals surface area contributed by atoms with Gasteiger partial charge < -0.3 is 14.6 Å². The summed E-state index contributed by atoms with van der Waals surface area (Å²) in [5, 5.41) is 8.77. The molecule has 0 amide bonds. The molecule has 0 aliphatic carbocycles. The van der Waals surface area contributed by atoms with Gasteiger partial charge in [-0.1, -0.05) is 53.7 Å². The van der Waals surface area contributed by atoms with Crippen molar-refractivity contribution in [3.05, 3.63) is 28.8 Å². The minimum atomic E-state index is -0.270. The SMILES string of the molecule is COc1c(C(C)(C)C)cc(CC(=O)OCCCO)cc1C(C)(C)C. The predicted octanol–water partition coefficient (Wildman–Crippen LogP) is 3.76. The maximum Gasteiger partial charge on any atom is 0.310 e. The van der Waals surface area contributed by atoms with Crippen molar-refractivity contribution in [3.8, 4) is 5.75 Å². The van der Waals surface area contributed by atoms with E-state index in [2.05, 4.69) is 41.5 Å². The predicted molar refractivity (Wildman–Crippen MR) is 96.8 cm³/mol. The zero-order valence-electron chi connectivity index (χ0n) is 16.2. The van der Waals surface area contributed by atoms with Crippen LogP contribution in [0.2, 0.25) is 0 Å². The molecule has 1 aromatic carbocycles. The van der Waals surface area contributed by atoms with Crippen molar-refractivity contribution >= 4 is 5.97 Å². The van der Waals surface area contributed by atoms with Crippen LogP contribution in [0.5, 0.6) is 5.75 Å². The number of aliphatic hydroxyl groups is 1. The molecule has 0 aliphatic heterocycles. The van der Waals surface area contributed by atoms with E-state index in [1.54, 1.807) is 7.11 Å². The summed E-state index contributed by atoms with van der Waals surface area (Å²) in [4.78, 5) is 12.0. The largest absolute Gasteiger partial charge is 0.496 e. The third-order valence-corrected chi connectivity index (χ3v) is 3.88. The third kappa shape index (κ3) is 5.52. The van der Waals surface area contributed by atoms with Gasteiger partial charge in [0.1, 0.15) is 5.75 Å². The molecule has 0 atom stereocenters. The van der Waals surface area contributed by atoms with E-state index in [1.807, 2.05) is 12.1 Å². The first-order valence-electron chi connectivity index (χ1n) is 8.49. The van der Waals surface area contributed by atoms with Crippen LogP contribution in [0.4, 0.5) is 0 Å². The fourth-order valence-electron chi connectivity index (χ4n) is 2.59. The fourth-order valence-corrected chi connectivity index (χ4v) is 2.59. The Labute approximate surface area is 146 Å². The lowest BCUT2D eigenvalue weighted by atomic mass is 9.78. The van der Waals surface area contributed by atoms with Gasteiger partial charge in [0.05, 0.1) is 20.1 Å². The van der Waals surface area contributed by atoms with Crippen molar-refractivity contribution in [1.82, 2.24) is 0 Å². The standard InChI is InChI=1S/C20H32O4/c1-19(2,3)15-11-14(13-17(22)24-10-8-9-21)12-16(18(15)23-7)20(4,5)6/h11-12,21H,8-10,13H2,1-7H3. The smallest absolute Gasteiger partial charge is 0.310 e. The van der Waals surface area contributed by atoms with Gasteiger partial charge in [-0.05, 0) is 16.4 Å². The number of hydrogen-bond donors (Lipinski definition) is 1. The van der Waals surface area contributed by atoms with Crippen molar-refractivity contribution in [2.45, 2.75) is 65.2 Å². The Hall–Kier alpha value is -1.55. The molecule has 0 saturated heterocycles. The van der Waals surface area contributed by atoms with Crippen LogP contribution in [0.25, 0.3) is 0 Å². The molecule has 0 aliphatic rings. The number of esters is 1. The number of carbonyl (C=O) groups excluding carboxylic acids is 1. The van der Waals surface area contributed by atoms with Crippen molar-refractivity contribution in [2.24, 2.45) is 0 Å². The summed E-state index contributed by atoms with van der Waals surface area (Å²) in [7, 11) is 1.70. The van der Waals surface area contributed by atoms with Crippen LogP contribution >= 0.6 is 0 Å². The number of ether oxygens (including phenoxy) is 2. The van der Waals surface area contributed by atoms with Crippen LogP contribution in [0.3, 0.4) is 0 Å². The van der Waals surface area contributed by atoms with Crippen LogP contribution < -0.4 is 4.74 Å². The molecule has 0 radical (unpaired) electrons. The van der Waals surface area contributed by atoms with E-state index in [0.29, 0.717) is 6.42 Å². The summed E-state index contributed by atoms with van der Waals surface area (Å²) in [5.74, 6) is 0.626. The molecule has 0 unspecified atom stereocenters. The Morgan fingerprint density at radius 1 is 1.04 bits per heavy atom. The molecule has 1 N–H and O–H groups in total. The molecule has 1 aromatic rings. The molecule has 0 aromatic heterocycles. The van der Waals surface area contributed by atoms with Gasteiger partial charge in [-0.15, -0.1) is 0 Å². The van der Waals surface area contributed by atoms with Gasteiger partial charge in [0.15, 0.2) is 0 Å². The Bertz CT molecular complexity index is 527. The summed E-state index contributed by atoms with van der Waals surface area (Å²) < 4.78 is 10.9. The Morgan fingerprint density at radius 3 is 1.92 bits per heavy atom. The zero-order valence-corrected chi connectivity index (χ0v) is 16.2. The summed E-state index contributed by atoms with van der Waals surface area (Å²) in [6.45, 7) is 13.1. The van der Waals surface area contributed by atoms with Crippen molar-refractivity contribution < 1.29 is 19.4 Å². The molecule has 4 nitrogen and oxygen atoms in total. The second-order valence-corrected chi connectivity index (χ2v) is 8.20. The summed E-state index contributed by atoms with van der Waals surface area (Å²) in [5.41, 5.74) is 2.93. The lowest BCUT2D eigenvalue weighted by Gasteiger charge is -2.30. The fraction of sp³-hybridized carbons (Fsp3) is 0.650. The van der Waals surface area contributed by atoms with Gasteiger partial charge in [0, 0.05) is 24.2 Å². The lowest BCUT2D eigenvalue weighted by Crippen LogP contribution is -2.20. The number of hydrogen-bond acceptors (Lipinski definition) is 4.